The first-order chi connectivity index (χ1) is 8.14. The number of aliphatic hydroxyl groups is 4. The van der Waals surface area contributed by atoms with Crippen molar-refractivity contribution in [1.82, 2.24) is 0 Å². The SMILES string of the molecule is CCCC(O)(O)C(C)(C#N)C(O)(O)C1(CC)N=N1. The highest BCUT2D eigenvalue weighted by Gasteiger charge is 2.72. The molecule has 1 heterocycles. The summed E-state index contributed by atoms with van der Waals surface area (Å²) in [7, 11) is 0. The number of rotatable bonds is 6. The molecule has 0 radical (unpaired) electrons. The third-order valence-corrected chi connectivity index (χ3v) is 3.71. The van der Waals surface area contributed by atoms with Gasteiger partial charge in [0.15, 0.2) is 11.2 Å². The third kappa shape index (κ3) is 1.73. The van der Waals surface area contributed by atoms with Crippen LogP contribution in [0.3, 0.4) is 0 Å². The Balaban J connectivity index is 3.20. The van der Waals surface area contributed by atoms with Gasteiger partial charge in [-0.15, -0.1) is 0 Å². The van der Waals surface area contributed by atoms with Crippen LogP contribution in [0.5, 0.6) is 0 Å². The van der Waals surface area contributed by atoms with Gasteiger partial charge in [0.25, 0.3) is 0 Å². The molecule has 1 unspecified atom stereocenters. The molecule has 1 atom stereocenters. The van der Waals surface area contributed by atoms with E-state index >= 15 is 0 Å². The van der Waals surface area contributed by atoms with E-state index in [1.807, 2.05) is 0 Å². The first-order valence-electron chi connectivity index (χ1n) is 5.89. The smallest absolute Gasteiger partial charge is 0.245 e. The normalized spacial score (nSPS) is 21.2. The second-order valence-corrected chi connectivity index (χ2v) is 4.85. The molecular formula is C11H19N3O4. The third-order valence-electron chi connectivity index (χ3n) is 3.71. The van der Waals surface area contributed by atoms with Crippen LogP contribution >= 0.6 is 0 Å². The molecule has 0 saturated heterocycles. The molecule has 0 saturated carbocycles. The Morgan fingerprint density at radius 2 is 1.67 bits per heavy atom. The van der Waals surface area contributed by atoms with Crippen molar-refractivity contribution in [3.8, 4) is 6.07 Å². The first kappa shape index (κ1) is 15.0. The first-order valence-corrected chi connectivity index (χ1v) is 5.89. The van der Waals surface area contributed by atoms with Gasteiger partial charge < -0.3 is 20.4 Å². The maximum Gasteiger partial charge on any atom is 0.245 e. The number of hydrogen-bond acceptors (Lipinski definition) is 7. The number of hydrogen-bond donors (Lipinski definition) is 4. The molecule has 0 spiro atoms. The molecule has 102 valence electrons. The Hall–Kier alpha value is -1.07. The van der Waals surface area contributed by atoms with Crippen LogP contribution in [-0.4, -0.2) is 37.7 Å². The molecule has 0 amide bonds. The summed E-state index contributed by atoms with van der Waals surface area (Å²) in [6, 6.07) is 1.60. The van der Waals surface area contributed by atoms with Gasteiger partial charge in [-0.25, -0.2) is 0 Å². The average Bonchev–Trinajstić information content (AvgIpc) is 3.08. The molecule has 0 aromatic carbocycles. The van der Waals surface area contributed by atoms with Crippen LogP contribution in [0.4, 0.5) is 0 Å². The number of nitriles is 1. The van der Waals surface area contributed by atoms with Crippen molar-refractivity contribution in [3.05, 3.63) is 0 Å². The van der Waals surface area contributed by atoms with Gasteiger partial charge in [-0.05, 0) is 13.3 Å². The van der Waals surface area contributed by atoms with E-state index < -0.39 is 22.7 Å². The molecule has 1 rings (SSSR count). The van der Waals surface area contributed by atoms with Crippen LogP contribution < -0.4 is 0 Å². The van der Waals surface area contributed by atoms with Crippen LogP contribution in [0.15, 0.2) is 10.2 Å². The Kier molecular flexibility index (Phi) is 3.53. The molecule has 4 N–H and O–H groups in total. The molecular weight excluding hydrogens is 238 g/mol. The highest BCUT2D eigenvalue weighted by Crippen LogP contribution is 2.53. The predicted octanol–water partition coefficient (Wildman–Crippen LogP) is 0.250. The van der Waals surface area contributed by atoms with Crippen LogP contribution in [0.1, 0.15) is 40.0 Å². The van der Waals surface area contributed by atoms with Crippen LogP contribution in [-0.2, 0) is 0 Å². The largest absolute Gasteiger partial charge is 0.364 e. The van der Waals surface area contributed by atoms with E-state index in [9.17, 15) is 25.7 Å². The summed E-state index contributed by atoms with van der Waals surface area (Å²) < 4.78 is 0. The summed E-state index contributed by atoms with van der Waals surface area (Å²) in [4.78, 5) is 0. The van der Waals surface area contributed by atoms with E-state index in [-0.39, 0.29) is 12.8 Å². The van der Waals surface area contributed by atoms with Crippen molar-refractivity contribution in [2.75, 3.05) is 0 Å². The van der Waals surface area contributed by atoms with E-state index in [1.54, 1.807) is 19.9 Å². The average molecular weight is 257 g/mol. The summed E-state index contributed by atoms with van der Waals surface area (Å²) in [6.45, 7) is 4.40. The van der Waals surface area contributed by atoms with Crippen molar-refractivity contribution in [1.29, 1.82) is 5.26 Å². The predicted molar refractivity (Wildman–Crippen MR) is 60.8 cm³/mol. The van der Waals surface area contributed by atoms with Crippen LogP contribution in [0, 0.1) is 16.7 Å². The van der Waals surface area contributed by atoms with Gasteiger partial charge >= 0.3 is 0 Å². The fourth-order valence-electron chi connectivity index (χ4n) is 2.03. The second kappa shape index (κ2) is 4.24. The standard InChI is InChI=1S/C11H19N3O4/c1-4-6-10(15,16)8(3,7-12)11(17,18)9(5-2)13-14-9/h15-18H,4-6H2,1-3H3. The lowest BCUT2D eigenvalue weighted by atomic mass is 9.68. The molecule has 1 aliphatic rings. The molecule has 0 aromatic rings. The Labute approximate surface area is 105 Å². The number of nitrogens with zero attached hydrogens (tertiary/aromatic N) is 3. The van der Waals surface area contributed by atoms with Gasteiger partial charge in [-0.2, -0.15) is 15.5 Å². The lowest BCUT2D eigenvalue weighted by Gasteiger charge is -2.45. The lowest BCUT2D eigenvalue weighted by Crippen LogP contribution is -2.66. The monoisotopic (exact) mass is 257 g/mol. The van der Waals surface area contributed by atoms with Crippen LogP contribution in [0.2, 0.25) is 0 Å². The van der Waals surface area contributed by atoms with Crippen LogP contribution in [0.25, 0.3) is 0 Å². The quantitative estimate of drug-likeness (QED) is 0.507. The molecule has 7 heteroatoms. The van der Waals surface area contributed by atoms with Gasteiger partial charge in [0.05, 0.1) is 6.07 Å². The van der Waals surface area contributed by atoms with Gasteiger partial charge in [0.2, 0.25) is 11.4 Å². The summed E-state index contributed by atoms with van der Waals surface area (Å²) in [5.74, 6) is -5.29. The molecule has 0 fully saturated rings. The Morgan fingerprint density at radius 3 is 1.94 bits per heavy atom. The lowest BCUT2D eigenvalue weighted by molar-refractivity contribution is -0.342. The van der Waals surface area contributed by atoms with Gasteiger partial charge in [0, 0.05) is 6.42 Å². The zero-order chi connectivity index (χ0) is 14.2. The zero-order valence-corrected chi connectivity index (χ0v) is 10.8. The molecule has 0 aromatic heterocycles. The molecule has 7 nitrogen and oxygen atoms in total. The minimum Gasteiger partial charge on any atom is -0.364 e. The Morgan fingerprint density at radius 1 is 1.17 bits per heavy atom. The Bertz CT molecular complexity index is 394. The fraction of sp³-hybridized carbons (Fsp3) is 0.909. The summed E-state index contributed by atoms with van der Waals surface area (Å²) in [5.41, 5.74) is -3.78. The molecule has 1 aliphatic heterocycles. The topological polar surface area (TPSA) is 129 Å². The highest BCUT2D eigenvalue weighted by atomic mass is 16.5. The van der Waals surface area contributed by atoms with E-state index in [2.05, 4.69) is 10.2 Å². The van der Waals surface area contributed by atoms with E-state index in [1.165, 1.54) is 0 Å². The summed E-state index contributed by atoms with van der Waals surface area (Å²) in [6.07, 6.45) is 0.354. The summed E-state index contributed by atoms with van der Waals surface area (Å²) in [5, 5.41) is 56.7. The van der Waals surface area contributed by atoms with Gasteiger partial charge in [0.1, 0.15) is 0 Å². The second-order valence-electron chi connectivity index (χ2n) is 4.85. The van der Waals surface area contributed by atoms with Gasteiger partial charge in [-0.1, -0.05) is 20.3 Å². The van der Waals surface area contributed by atoms with Crippen molar-refractivity contribution in [2.45, 2.75) is 57.3 Å². The maximum absolute atomic E-state index is 10.2. The van der Waals surface area contributed by atoms with Crippen molar-refractivity contribution in [2.24, 2.45) is 15.6 Å². The minimum atomic E-state index is -2.75. The summed E-state index contributed by atoms with van der Waals surface area (Å²) >= 11 is 0. The van der Waals surface area contributed by atoms with E-state index in [4.69, 9.17) is 0 Å². The van der Waals surface area contributed by atoms with Gasteiger partial charge in [-0.3, -0.25) is 0 Å². The van der Waals surface area contributed by atoms with E-state index in [0.29, 0.717) is 6.42 Å². The zero-order valence-electron chi connectivity index (χ0n) is 10.8. The van der Waals surface area contributed by atoms with Crippen molar-refractivity contribution in [3.63, 3.8) is 0 Å². The van der Waals surface area contributed by atoms with E-state index in [0.717, 1.165) is 6.92 Å². The molecule has 0 aliphatic carbocycles. The van der Waals surface area contributed by atoms with Crippen molar-refractivity contribution < 1.29 is 20.4 Å². The minimum absolute atomic E-state index is 0.152. The van der Waals surface area contributed by atoms with Crippen molar-refractivity contribution >= 4 is 0 Å². The maximum atomic E-state index is 10.2. The fourth-order valence-corrected chi connectivity index (χ4v) is 2.03. The molecule has 0 bridgehead atoms. The highest BCUT2D eigenvalue weighted by molar-refractivity contribution is 5.21. The molecule has 18 heavy (non-hydrogen) atoms.